The third-order valence-corrected chi connectivity index (χ3v) is 4.49. The predicted octanol–water partition coefficient (Wildman–Crippen LogP) is 1.67. The van der Waals surface area contributed by atoms with Crippen molar-refractivity contribution in [2.24, 2.45) is 11.8 Å². The fourth-order valence-corrected chi connectivity index (χ4v) is 3.30. The second-order valence-electron chi connectivity index (χ2n) is 5.65. The van der Waals surface area contributed by atoms with Gasteiger partial charge in [-0.3, -0.25) is 4.79 Å². The van der Waals surface area contributed by atoms with Crippen molar-refractivity contribution in [2.75, 3.05) is 19.6 Å². The Morgan fingerprint density at radius 3 is 2.67 bits per heavy atom. The van der Waals surface area contributed by atoms with E-state index in [1.165, 1.54) is 5.56 Å². The monoisotopic (exact) mass is 244 g/mol. The molecule has 3 unspecified atom stereocenters. The normalized spacial score (nSPS) is 30.6. The summed E-state index contributed by atoms with van der Waals surface area (Å²) in [5.41, 5.74) is 2.02. The van der Waals surface area contributed by atoms with Gasteiger partial charge in [0.25, 0.3) is 5.91 Å². The van der Waals surface area contributed by atoms with Crippen LogP contribution in [0.1, 0.15) is 22.8 Å². The Morgan fingerprint density at radius 1 is 1.28 bits per heavy atom. The number of amides is 1. The maximum Gasteiger partial charge on any atom is 0.254 e. The van der Waals surface area contributed by atoms with Gasteiger partial charge >= 0.3 is 0 Å². The molecule has 18 heavy (non-hydrogen) atoms. The highest BCUT2D eigenvalue weighted by molar-refractivity contribution is 5.94. The van der Waals surface area contributed by atoms with E-state index in [9.17, 15) is 4.79 Å². The number of nitrogens with one attached hydrogen (secondary N) is 1. The van der Waals surface area contributed by atoms with E-state index in [0.717, 1.165) is 25.2 Å². The summed E-state index contributed by atoms with van der Waals surface area (Å²) in [4.78, 5) is 14.6. The molecule has 2 fully saturated rings. The van der Waals surface area contributed by atoms with Gasteiger partial charge in [-0.15, -0.1) is 0 Å². The highest BCUT2D eigenvalue weighted by Gasteiger charge is 2.43. The predicted molar refractivity (Wildman–Crippen MR) is 71.5 cm³/mol. The van der Waals surface area contributed by atoms with E-state index < -0.39 is 0 Å². The number of carbonyl (C=O) groups is 1. The maximum atomic E-state index is 12.5. The number of hydrogen-bond donors (Lipinski definition) is 1. The van der Waals surface area contributed by atoms with Gasteiger partial charge in [-0.05, 0) is 37.8 Å². The Hall–Kier alpha value is -1.35. The molecule has 3 nitrogen and oxygen atoms in total. The molecule has 3 heteroatoms. The van der Waals surface area contributed by atoms with E-state index >= 15 is 0 Å². The van der Waals surface area contributed by atoms with E-state index in [1.54, 1.807) is 0 Å². The van der Waals surface area contributed by atoms with Gasteiger partial charge in [0.2, 0.25) is 0 Å². The van der Waals surface area contributed by atoms with E-state index in [-0.39, 0.29) is 5.91 Å². The Morgan fingerprint density at radius 2 is 2.00 bits per heavy atom. The first-order chi connectivity index (χ1) is 8.66. The molecule has 96 valence electrons. The topological polar surface area (TPSA) is 32.3 Å². The second kappa shape index (κ2) is 4.39. The molecule has 1 amide bonds. The SMILES string of the molecule is Cc1ccc(C(=O)N2CC3CNCC3C2C)cc1. The molecule has 0 bridgehead atoms. The van der Waals surface area contributed by atoms with E-state index in [0.29, 0.717) is 17.9 Å². The number of carbonyl (C=O) groups excluding carboxylic acids is 1. The number of likely N-dealkylation sites (tertiary alicyclic amines) is 1. The molecule has 2 aliphatic rings. The number of nitrogens with zero attached hydrogens (tertiary/aromatic N) is 1. The summed E-state index contributed by atoms with van der Waals surface area (Å²) in [7, 11) is 0. The molecule has 0 spiro atoms. The Balaban J connectivity index is 1.79. The molecule has 0 saturated carbocycles. The lowest BCUT2D eigenvalue weighted by atomic mass is 9.95. The largest absolute Gasteiger partial charge is 0.335 e. The van der Waals surface area contributed by atoms with Crippen LogP contribution in [0.3, 0.4) is 0 Å². The minimum atomic E-state index is 0.192. The van der Waals surface area contributed by atoms with Crippen molar-refractivity contribution in [2.45, 2.75) is 19.9 Å². The number of fused-ring (bicyclic) bond motifs is 1. The first kappa shape index (κ1) is 11.7. The molecule has 2 aliphatic heterocycles. The van der Waals surface area contributed by atoms with Crippen molar-refractivity contribution in [3.05, 3.63) is 35.4 Å². The van der Waals surface area contributed by atoms with Gasteiger partial charge in [-0.2, -0.15) is 0 Å². The third kappa shape index (κ3) is 1.83. The smallest absolute Gasteiger partial charge is 0.254 e. The Bertz CT molecular complexity index is 454. The lowest BCUT2D eigenvalue weighted by Gasteiger charge is -2.24. The molecular formula is C15H20N2O. The van der Waals surface area contributed by atoms with Crippen molar-refractivity contribution in [3.8, 4) is 0 Å². The average molecular weight is 244 g/mol. The average Bonchev–Trinajstić information content (AvgIpc) is 2.93. The number of aryl methyl sites for hydroxylation is 1. The molecule has 1 N–H and O–H groups in total. The first-order valence-corrected chi connectivity index (χ1v) is 6.75. The molecule has 0 aliphatic carbocycles. The molecular weight excluding hydrogens is 224 g/mol. The molecule has 0 aromatic heterocycles. The van der Waals surface area contributed by atoms with Crippen LogP contribution in [0.2, 0.25) is 0 Å². The Labute approximate surface area is 108 Å². The summed E-state index contributed by atoms with van der Waals surface area (Å²) >= 11 is 0. The molecule has 3 atom stereocenters. The minimum absolute atomic E-state index is 0.192. The summed E-state index contributed by atoms with van der Waals surface area (Å²) in [5, 5.41) is 3.42. The summed E-state index contributed by atoms with van der Waals surface area (Å²) in [6, 6.07) is 8.26. The van der Waals surface area contributed by atoms with Gasteiger partial charge in [0.05, 0.1) is 0 Å². The van der Waals surface area contributed by atoms with Gasteiger partial charge in [0.1, 0.15) is 0 Å². The summed E-state index contributed by atoms with van der Waals surface area (Å²) < 4.78 is 0. The van der Waals surface area contributed by atoms with Gasteiger partial charge < -0.3 is 10.2 Å². The number of benzene rings is 1. The molecule has 0 radical (unpaired) electrons. The molecule has 1 aromatic carbocycles. The van der Waals surface area contributed by atoms with Crippen molar-refractivity contribution in [1.29, 1.82) is 0 Å². The molecule has 2 heterocycles. The quantitative estimate of drug-likeness (QED) is 0.815. The lowest BCUT2D eigenvalue weighted by molar-refractivity contribution is 0.0728. The van der Waals surface area contributed by atoms with Gasteiger partial charge in [-0.25, -0.2) is 0 Å². The molecule has 3 rings (SSSR count). The van der Waals surface area contributed by atoms with Crippen molar-refractivity contribution < 1.29 is 4.79 Å². The Kier molecular flexibility index (Phi) is 2.86. The first-order valence-electron chi connectivity index (χ1n) is 6.75. The summed E-state index contributed by atoms with van der Waals surface area (Å²) in [6.45, 7) is 7.26. The zero-order valence-corrected chi connectivity index (χ0v) is 11.0. The highest BCUT2D eigenvalue weighted by atomic mass is 16.2. The third-order valence-electron chi connectivity index (χ3n) is 4.49. The second-order valence-corrected chi connectivity index (χ2v) is 5.65. The van der Waals surface area contributed by atoms with Crippen LogP contribution in [0.4, 0.5) is 0 Å². The van der Waals surface area contributed by atoms with Crippen LogP contribution < -0.4 is 5.32 Å². The van der Waals surface area contributed by atoms with Gasteiger partial charge in [0.15, 0.2) is 0 Å². The van der Waals surface area contributed by atoms with Crippen LogP contribution in [0, 0.1) is 18.8 Å². The zero-order valence-electron chi connectivity index (χ0n) is 11.0. The van der Waals surface area contributed by atoms with Crippen LogP contribution in [-0.2, 0) is 0 Å². The molecule has 1 aromatic rings. The van der Waals surface area contributed by atoms with Gasteiger partial charge in [0, 0.05) is 31.2 Å². The van der Waals surface area contributed by atoms with Crippen LogP contribution in [0.5, 0.6) is 0 Å². The number of rotatable bonds is 1. The van der Waals surface area contributed by atoms with Crippen molar-refractivity contribution in [1.82, 2.24) is 10.2 Å². The molecule has 2 saturated heterocycles. The highest BCUT2D eigenvalue weighted by Crippen LogP contribution is 2.33. The van der Waals surface area contributed by atoms with Crippen LogP contribution in [0.15, 0.2) is 24.3 Å². The minimum Gasteiger partial charge on any atom is -0.335 e. The van der Waals surface area contributed by atoms with Crippen LogP contribution in [0.25, 0.3) is 0 Å². The van der Waals surface area contributed by atoms with E-state index in [1.807, 2.05) is 31.2 Å². The fourth-order valence-electron chi connectivity index (χ4n) is 3.30. The standard InChI is InChI=1S/C15H20N2O/c1-10-3-5-12(6-4-10)15(18)17-9-13-7-16-8-14(13)11(17)2/h3-6,11,13-14,16H,7-9H2,1-2H3. The summed E-state index contributed by atoms with van der Waals surface area (Å²) in [5.74, 6) is 1.48. The lowest BCUT2D eigenvalue weighted by Crippen LogP contribution is -2.38. The van der Waals surface area contributed by atoms with E-state index in [2.05, 4.69) is 17.1 Å². The summed E-state index contributed by atoms with van der Waals surface area (Å²) in [6.07, 6.45) is 0. The van der Waals surface area contributed by atoms with E-state index in [4.69, 9.17) is 0 Å². The van der Waals surface area contributed by atoms with Crippen molar-refractivity contribution in [3.63, 3.8) is 0 Å². The maximum absolute atomic E-state index is 12.5. The van der Waals surface area contributed by atoms with Crippen molar-refractivity contribution >= 4 is 5.91 Å². The van der Waals surface area contributed by atoms with Crippen LogP contribution in [-0.4, -0.2) is 36.5 Å². The van der Waals surface area contributed by atoms with Crippen LogP contribution >= 0.6 is 0 Å². The van der Waals surface area contributed by atoms with Gasteiger partial charge in [-0.1, -0.05) is 17.7 Å². The fraction of sp³-hybridized carbons (Fsp3) is 0.533. The zero-order chi connectivity index (χ0) is 12.7. The number of hydrogen-bond acceptors (Lipinski definition) is 2.